The number of rotatable bonds is 13. The van der Waals surface area contributed by atoms with Crippen LogP contribution in [0.2, 0.25) is 0 Å². The predicted molar refractivity (Wildman–Crippen MR) is 583 cm³/mol. The molecular weight excluding hydrogens is 2270 g/mol. The number of hydrogen-bond donors (Lipinski definition) is 11. The fraction of sp³-hybridized carbons (Fsp3) is 0.380. The molecule has 16 heterocycles. The predicted octanol–water partition coefficient (Wildman–Crippen LogP) is 20.0. The molecule has 5 saturated heterocycles. The van der Waals surface area contributed by atoms with Crippen molar-refractivity contribution in [3.63, 3.8) is 0 Å². The van der Waals surface area contributed by atoms with E-state index in [-0.39, 0.29) is 29.9 Å². The van der Waals surface area contributed by atoms with Gasteiger partial charge in [0.1, 0.15) is 31.3 Å². The van der Waals surface area contributed by atoms with Crippen molar-refractivity contribution in [2.75, 3.05) is 103 Å². The lowest BCUT2D eigenvalue weighted by Crippen LogP contribution is -2.44. The van der Waals surface area contributed by atoms with Crippen LogP contribution in [0, 0.1) is 41.5 Å². The third-order valence-electron chi connectivity index (χ3n) is 22.3. The van der Waals surface area contributed by atoms with Gasteiger partial charge in [0.2, 0.25) is 0 Å². The van der Waals surface area contributed by atoms with Crippen molar-refractivity contribution >= 4 is 238 Å². The number of anilines is 9. The third kappa shape index (κ3) is 41.1. The summed E-state index contributed by atoms with van der Waals surface area (Å²) < 4.78 is 78.4. The molecule has 0 aliphatic carbocycles. The summed E-state index contributed by atoms with van der Waals surface area (Å²) in [6, 6.07) is 31.3. The maximum atomic E-state index is 12.6. The number of esters is 2. The Hall–Kier alpha value is -12.3. The van der Waals surface area contributed by atoms with Gasteiger partial charge >= 0.3 is 82.7 Å². The number of nitrogens with two attached hydrogens (primary N) is 5. The molecule has 0 saturated carbocycles. The minimum atomic E-state index is -4.67. The van der Waals surface area contributed by atoms with E-state index in [1.54, 1.807) is 123 Å². The lowest BCUT2D eigenvalue weighted by molar-refractivity contribution is -0.186. The van der Waals surface area contributed by atoms with Crippen LogP contribution in [0.25, 0.3) is 0 Å². The van der Waals surface area contributed by atoms with Crippen LogP contribution < -0.4 is 60.6 Å². The molecule has 150 heavy (non-hydrogen) atoms. The summed E-state index contributed by atoms with van der Waals surface area (Å²) >= 11 is 22.5. The van der Waals surface area contributed by atoms with E-state index in [2.05, 4.69) is 154 Å². The Morgan fingerprint density at radius 2 is 0.633 bits per heavy atom. The van der Waals surface area contributed by atoms with Crippen molar-refractivity contribution in [1.82, 2.24) is 54.8 Å². The summed E-state index contributed by atoms with van der Waals surface area (Å²) in [6.07, 6.45) is 15.1. The van der Waals surface area contributed by atoms with Gasteiger partial charge in [0.25, 0.3) is 0 Å². The summed E-state index contributed by atoms with van der Waals surface area (Å²) in [4.78, 5) is 179. The molecule has 50 heteroatoms. The topological polar surface area (TPSA) is 516 Å². The first kappa shape index (κ1) is 125. The minimum absolute atomic E-state index is 0.00165. The van der Waals surface area contributed by atoms with Crippen molar-refractivity contribution in [2.45, 2.75) is 194 Å². The van der Waals surface area contributed by atoms with Crippen molar-refractivity contribution < 1.29 is 93.4 Å². The number of amides is 9. The van der Waals surface area contributed by atoms with E-state index in [1.807, 2.05) is 115 Å². The summed E-state index contributed by atoms with van der Waals surface area (Å²) in [5, 5.41) is 24.7. The first-order valence-corrected chi connectivity index (χ1v) is 54.3. The van der Waals surface area contributed by atoms with E-state index < -0.39 is 95.9 Å². The molecule has 11 aromatic rings. The number of likely N-dealkylation sites (tertiary alicyclic amines) is 4. The number of nitrogens with zero attached hydrogens (tertiary/aromatic N) is 10. The van der Waals surface area contributed by atoms with Crippen LogP contribution in [0.5, 0.6) is 0 Å². The molecule has 16 N–H and O–H groups in total. The second-order valence-corrected chi connectivity index (χ2v) is 40.9. The number of aryl methyl sites for hydroxylation is 6. The summed E-state index contributed by atoms with van der Waals surface area (Å²) in [5.41, 5.74) is 34.7. The van der Waals surface area contributed by atoms with E-state index in [0.29, 0.717) is 88.3 Å². The number of alkyl halides is 6. The van der Waals surface area contributed by atoms with Crippen molar-refractivity contribution in [2.24, 2.45) is 5.73 Å². The van der Waals surface area contributed by atoms with Crippen molar-refractivity contribution in [3.05, 3.63) is 233 Å². The van der Waals surface area contributed by atoms with E-state index >= 15 is 0 Å². The zero-order valence-electron chi connectivity index (χ0n) is 83.4. The lowest BCUT2D eigenvalue weighted by Gasteiger charge is -2.34. The quantitative estimate of drug-likeness (QED) is 0.0168. The van der Waals surface area contributed by atoms with Gasteiger partial charge in [0.05, 0.1) is 95.5 Å². The Labute approximate surface area is 914 Å². The highest BCUT2D eigenvalue weighted by Gasteiger charge is 2.39. The first-order valence-electron chi connectivity index (χ1n) is 47.1. The number of pyridine rings is 6. The summed E-state index contributed by atoms with van der Waals surface area (Å²) in [6.45, 7) is 15.0. The van der Waals surface area contributed by atoms with Crippen LogP contribution in [0.1, 0.15) is 198 Å². The number of halogens is 10. The maximum Gasteiger partial charge on any atom is 0.422 e. The molecule has 0 bridgehead atoms. The van der Waals surface area contributed by atoms with Gasteiger partial charge in [-0.25, -0.2) is 39.5 Å². The number of hydrogen-bond acceptors (Lipinski definition) is 31. The Bertz CT molecular complexity index is 5740. The van der Waals surface area contributed by atoms with E-state index in [1.165, 1.54) is 74.8 Å². The van der Waals surface area contributed by atoms with Gasteiger partial charge < -0.3 is 89.6 Å². The summed E-state index contributed by atoms with van der Waals surface area (Å²) in [5.74, 6) is -7.87. The number of carbonyl (C=O) groups excluding carboxylic acids is 12. The number of piperidine rings is 5. The van der Waals surface area contributed by atoms with E-state index in [4.69, 9.17) is 22.9 Å². The normalized spacial score (nSPS) is 15.9. The molecule has 0 radical (unpaired) electrons. The lowest BCUT2D eigenvalue weighted by atomic mass is 10.0. The molecule has 0 spiro atoms. The SMILES string of the molecule is CC.CN.Cc1cc(N)cnc1Br.Cc1cc(NC(=O)C(=O)N2CCCCC2c2cccs2)cnc1Br.Cc1cc(NC(=O)C(=O)N2CCCCC2c2cccs2)cnc1N.Cc1cc(NC(=O)C(=O)N2CCCC[C@@H]2c2cccs2)cnc1N.Cc1cc(NC(=O)C(=O)N2CCCC[C@H]2c2cccs2)cnc1N.Cc1cc(NC(=O)C(=O)OCC(F)(F)F)cnc1Br.O=C(Cl)C(=O)OCC(F)(F)F.c1csc(C2CCCCN2)c1. The summed E-state index contributed by atoms with van der Waals surface area (Å²) in [7, 11) is 1.50. The molecule has 3 unspecified atom stereocenters. The molecule has 5 atom stereocenters. The highest BCUT2D eigenvalue weighted by atomic mass is 79.9. The van der Waals surface area contributed by atoms with Gasteiger partial charge in [-0.2, -0.15) is 26.3 Å². The standard InChI is InChI=1S/C17H18BrN3O2S.3C17H20N4O2S.C10H8BrF3N2O3.C9H13NS.C6H7BrN2.C4H2ClF3O3.C2H6.CH5N/c4*1-11-9-12(10-19-15(11)18)20-16(22)17(23)21-7-3-2-5-13(21)14-6-4-8-24-14;1-5-2-6(3-15-7(5)11)16-8(17)9(18)19-4-10(12,13)14;1-2-6-10-8(4-1)9-5-3-7-11-9;1-4-2-5(8)3-9-6(4)7;5-2(9)3(10)11-1-4(6,7)8;2*1-2/h4,6,8-10,13H,2-3,5,7H2,1H3,(H,20,22);3*4,6,8-10,13H,2-3,5,7H2,1H3,(H2,18,19)(H,20,22);2-3H,4H2,1H3,(H,16,17);3,5,7-8,10H,1-2,4,6H2;2-3H,8H2,1H3;1H2;1-2H3;2H2,1H3/t;2*13-;;;;;;;/m.10......./s1. The smallest absolute Gasteiger partial charge is 0.422 e. The molecule has 5 fully saturated rings. The third-order valence-corrected chi connectivity index (χ3v) is 29.8. The maximum absolute atomic E-state index is 12.6. The Kier molecular flexibility index (Phi) is 52.4. The van der Waals surface area contributed by atoms with Gasteiger partial charge in [0.15, 0.2) is 13.2 Å². The van der Waals surface area contributed by atoms with Crippen LogP contribution in [0.3, 0.4) is 0 Å². The fourth-order valence-corrected chi connectivity index (χ4v) is 20.1. The van der Waals surface area contributed by atoms with Crippen molar-refractivity contribution in [3.8, 4) is 0 Å². The second-order valence-electron chi connectivity index (χ2n) is 33.4. The zero-order chi connectivity index (χ0) is 110. The second kappa shape index (κ2) is 63.1. The number of aromatic nitrogens is 6. The van der Waals surface area contributed by atoms with Crippen LogP contribution in [0.4, 0.5) is 77.9 Å². The van der Waals surface area contributed by atoms with Crippen molar-refractivity contribution in [1.29, 1.82) is 0 Å². The number of nitrogens with one attached hydrogen (secondary N) is 6. The average molecular weight is 2390 g/mol. The van der Waals surface area contributed by atoms with E-state index in [0.717, 1.165) is 134 Å². The molecular formula is C100H119Br3ClF6N21O14S5. The Balaban J connectivity index is 0.000000235. The van der Waals surface area contributed by atoms with Crippen LogP contribution >= 0.6 is 116 Å². The largest absolute Gasteiger partial charge is 0.449 e. The van der Waals surface area contributed by atoms with Gasteiger partial charge in [-0.3, -0.25) is 47.9 Å². The van der Waals surface area contributed by atoms with Crippen LogP contribution in [0.15, 0.2) is 175 Å². The Morgan fingerprint density at radius 1 is 0.373 bits per heavy atom. The van der Waals surface area contributed by atoms with Gasteiger partial charge in [-0.05, 0) is 331 Å². The molecule has 5 aliphatic rings. The monoisotopic (exact) mass is 2380 g/mol. The van der Waals surface area contributed by atoms with Crippen LogP contribution in [-0.2, 0) is 67.0 Å². The average Bonchev–Trinajstić information content (AvgIpc) is 1.32. The first-order chi connectivity index (χ1) is 71.4. The van der Waals surface area contributed by atoms with Gasteiger partial charge in [-0.1, -0.05) is 50.6 Å². The highest BCUT2D eigenvalue weighted by Crippen LogP contribution is 2.39. The number of carbonyl (C=O) groups is 12. The molecule has 11 aromatic heterocycles. The van der Waals surface area contributed by atoms with Gasteiger partial charge in [-0.15, -0.1) is 56.7 Å². The molecule has 808 valence electrons. The molecule has 0 aromatic carbocycles. The Morgan fingerprint density at radius 3 is 0.880 bits per heavy atom. The number of ether oxygens (including phenoxy) is 2. The van der Waals surface area contributed by atoms with Gasteiger partial charge in [0, 0.05) is 56.6 Å². The zero-order valence-corrected chi connectivity index (χ0v) is 93.0. The molecule has 5 aliphatic heterocycles. The highest BCUT2D eigenvalue weighted by molar-refractivity contribution is 9.11. The fourth-order valence-electron chi connectivity index (χ4n) is 15.0. The van der Waals surface area contributed by atoms with E-state index in [9.17, 15) is 83.9 Å². The molecule has 9 amide bonds. The number of thiophene rings is 5. The number of nitrogen functional groups attached to an aromatic ring is 4. The minimum Gasteiger partial charge on any atom is -0.449 e. The molecule has 35 nitrogen and oxygen atoms in total. The molecule has 16 rings (SSSR count). The van der Waals surface area contributed by atoms with Crippen LogP contribution in [-0.4, -0.2) is 185 Å².